The number of rotatable bonds is 4. The standard InChI is InChI=1S/C19H14F2N4O/c1-22-9-11-2-5-13(15(21)8-11)18-14(20)6-7-17-23-16(10-25(17)18)24-19(26)12-3-4-12/h2,5-8,10,12H,3-4,9H2,(H,24,26). The van der Waals surface area contributed by atoms with Gasteiger partial charge in [-0.3, -0.25) is 9.20 Å². The molecular formula is C19H14F2N4O. The van der Waals surface area contributed by atoms with Gasteiger partial charge < -0.3 is 10.2 Å². The van der Waals surface area contributed by atoms with E-state index < -0.39 is 11.6 Å². The summed E-state index contributed by atoms with van der Waals surface area (Å²) in [5.74, 6) is -1.01. The van der Waals surface area contributed by atoms with Gasteiger partial charge in [-0.15, -0.1) is 0 Å². The first kappa shape index (κ1) is 16.2. The van der Waals surface area contributed by atoms with Gasteiger partial charge in [0.25, 0.3) is 0 Å². The van der Waals surface area contributed by atoms with E-state index in [0.717, 1.165) is 12.8 Å². The SMILES string of the molecule is [C-]#[N+]Cc1ccc(-c2c(F)ccc3nc(NC(=O)C4CC4)cn23)c(F)c1. The number of hydrogen-bond donors (Lipinski definition) is 1. The second-order valence-electron chi connectivity index (χ2n) is 6.28. The minimum Gasteiger partial charge on any atom is -0.312 e. The van der Waals surface area contributed by atoms with Gasteiger partial charge in [-0.1, -0.05) is 6.07 Å². The Hall–Kier alpha value is -3.27. The number of fused-ring (bicyclic) bond motifs is 1. The zero-order valence-electron chi connectivity index (χ0n) is 13.7. The molecule has 7 heteroatoms. The molecule has 0 bridgehead atoms. The minimum absolute atomic E-state index is 0.0171. The maximum absolute atomic E-state index is 14.5. The smallest absolute Gasteiger partial charge is 0.239 e. The Morgan fingerprint density at radius 3 is 2.77 bits per heavy atom. The highest BCUT2D eigenvalue weighted by Crippen LogP contribution is 2.31. The fourth-order valence-electron chi connectivity index (χ4n) is 2.87. The third-order valence-electron chi connectivity index (χ3n) is 4.33. The minimum atomic E-state index is -0.616. The monoisotopic (exact) mass is 352 g/mol. The number of imidazole rings is 1. The van der Waals surface area contributed by atoms with Gasteiger partial charge in [-0.05, 0) is 37.1 Å². The summed E-state index contributed by atoms with van der Waals surface area (Å²) in [5.41, 5.74) is 1.02. The third kappa shape index (κ3) is 2.90. The Bertz CT molecular complexity index is 1060. The molecule has 5 nitrogen and oxygen atoms in total. The molecule has 26 heavy (non-hydrogen) atoms. The van der Waals surface area contributed by atoms with Crippen LogP contribution in [-0.2, 0) is 11.3 Å². The summed E-state index contributed by atoms with van der Waals surface area (Å²) in [6.45, 7) is 6.92. The van der Waals surface area contributed by atoms with Gasteiger partial charge in [-0.2, -0.15) is 0 Å². The number of carbonyl (C=O) groups excluding carboxylic acids is 1. The van der Waals surface area contributed by atoms with Crippen molar-refractivity contribution in [2.45, 2.75) is 19.4 Å². The largest absolute Gasteiger partial charge is 0.312 e. The summed E-state index contributed by atoms with van der Waals surface area (Å²) in [4.78, 5) is 19.4. The van der Waals surface area contributed by atoms with E-state index in [1.807, 2.05) is 0 Å². The number of anilines is 1. The lowest BCUT2D eigenvalue weighted by molar-refractivity contribution is -0.117. The molecule has 2 aromatic heterocycles. The van der Waals surface area contributed by atoms with Gasteiger partial charge in [0.05, 0.1) is 11.9 Å². The van der Waals surface area contributed by atoms with Gasteiger partial charge in [0.2, 0.25) is 12.5 Å². The molecule has 2 heterocycles. The molecule has 1 aliphatic rings. The molecule has 0 unspecified atom stereocenters. The molecule has 1 aromatic carbocycles. The highest BCUT2D eigenvalue weighted by Gasteiger charge is 2.30. The number of nitrogens with zero attached hydrogens (tertiary/aromatic N) is 3. The van der Waals surface area contributed by atoms with E-state index in [1.165, 1.54) is 34.9 Å². The van der Waals surface area contributed by atoms with Gasteiger partial charge >= 0.3 is 0 Å². The van der Waals surface area contributed by atoms with E-state index in [1.54, 1.807) is 6.07 Å². The van der Waals surface area contributed by atoms with Gasteiger partial charge in [0.15, 0.2) is 5.82 Å². The molecule has 1 aliphatic carbocycles. The first-order valence-corrected chi connectivity index (χ1v) is 8.17. The van der Waals surface area contributed by atoms with Crippen molar-refractivity contribution in [3.05, 3.63) is 65.1 Å². The molecule has 1 N–H and O–H groups in total. The van der Waals surface area contributed by atoms with Crippen LogP contribution in [0.4, 0.5) is 14.6 Å². The Kier molecular flexibility index (Phi) is 3.88. The normalized spacial score (nSPS) is 13.6. The van der Waals surface area contributed by atoms with Crippen molar-refractivity contribution in [3.8, 4) is 11.3 Å². The molecule has 1 fully saturated rings. The van der Waals surface area contributed by atoms with E-state index in [2.05, 4.69) is 15.1 Å². The van der Waals surface area contributed by atoms with Crippen molar-refractivity contribution in [2.75, 3.05) is 5.32 Å². The van der Waals surface area contributed by atoms with Crippen molar-refractivity contribution >= 4 is 17.4 Å². The molecule has 0 radical (unpaired) electrons. The Labute approximate surface area is 148 Å². The molecule has 0 saturated heterocycles. The van der Waals surface area contributed by atoms with E-state index >= 15 is 0 Å². The second-order valence-corrected chi connectivity index (χ2v) is 6.28. The van der Waals surface area contributed by atoms with E-state index in [-0.39, 0.29) is 29.6 Å². The predicted molar refractivity (Wildman–Crippen MR) is 92.2 cm³/mol. The number of pyridine rings is 1. The Balaban J connectivity index is 1.78. The molecule has 1 amide bonds. The van der Waals surface area contributed by atoms with Crippen molar-refractivity contribution in [1.29, 1.82) is 0 Å². The quantitative estimate of drug-likeness (QED) is 0.720. The molecule has 1 saturated carbocycles. The van der Waals surface area contributed by atoms with Crippen LogP contribution in [-0.4, -0.2) is 15.3 Å². The summed E-state index contributed by atoms with van der Waals surface area (Å²) in [6.07, 6.45) is 3.21. The van der Waals surface area contributed by atoms with Gasteiger partial charge in [-0.25, -0.2) is 20.3 Å². The third-order valence-corrected chi connectivity index (χ3v) is 4.33. The number of halogens is 2. The van der Waals surface area contributed by atoms with Crippen LogP contribution in [0.2, 0.25) is 0 Å². The highest BCUT2D eigenvalue weighted by molar-refractivity contribution is 5.93. The molecule has 3 aromatic rings. The fraction of sp³-hybridized carbons (Fsp3) is 0.211. The first-order chi connectivity index (χ1) is 12.6. The van der Waals surface area contributed by atoms with Crippen molar-refractivity contribution < 1.29 is 13.6 Å². The van der Waals surface area contributed by atoms with Crippen LogP contribution in [0.15, 0.2) is 36.5 Å². The first-order valence-electron chi connectivity index (χ1n) is 8.17. The zero-order chi connectivity index (χ0) is 18.3. The molecule has 0 spiro atoms. The average Bonchev–Trinajstić information content (AvgIpc) is 3.38. The van der Waals surface area contributed by atoms with Crippen LogP contribution >= 0.6 is 0 Å². The van der Waals surface area contributed by atoms with Gasteiger partial charge in [0.1, 0.15) is 17.3 Å². The maximum Gasteiger partial charge on any atom is 0.239 e. The topological polar surface area (TPSA) is 50.8 Å². The summed E-state index contributed by atoms with van der Waals surface area (Å²) >= 11 is 0. The van der Waals surface area contributed by atoms with Crippen LogP contribution in [0.5, 0.6) is 0 Å². The summed E-state index contributed by atoms with van der Waals surface area (Å²) in [7, 11) is 0. The maximum atomic E-state index is 14.5. The lowest BCUT2D eigenvalue weighted by Gasteiger charge is -2.08. The van der Waals surface area contributed by atoms with Crippen LogP contribution in [0.25, 0.3) is 21.7 Å². The van der Waals surface area contributed by atoms with Crippen molar-refractivity contribution in [2.24, 2.45) is 5.92 Å². The fourth-order valence-corrected chi connectivity index (χ4v) is 2.87. The summed E-state index contributed by atoms with van der Waals surface area (Å²) < 4.78 is 30.4. The van der Waals surface area contributed by atoms with Crippen molar-refractivity contribution in [1.82, 2.24) is 9.38 Å². The van der Waals surface area contributed by atoms with Crippen LogP contribution in [0.1, 0.15) is 18.4 Å². The average molecular weight is 352 g/mol. The van der Waals surface area contributed by atoms with Gasteiger partial charge in [0, 0.05) is 17.0 Å². The molecule has 0 aliphatic heterocycles. The molecule has 4 rings (SSSR count). The van der Waals surface area contributed by atoms with E-state index in [9.17, 15) is 13.6 Å². The lowest BCUT2D eigenvalue weighted by atomic mass is 10.1. The van der Waals surface area contributed by atoms with Crippen LogP contribution < -0.4 is 5.32 Å². The summed E-state index contributed by atoms with van der Waals surface area (Å²) in [5, 5.41) is 2.71. The van der Waals surface area contributed by atoms with Crippen LogP contribution in [0.3, 0.4) is 0 Å². The number of benzene rings is 1. The van der Waals surface area contributed by atoms with Crippen LogP contribution in [0, 0.1) is 24.1 Å². The van der Waals surface area contributed by atoms with E-state index in [0.29, 0.717) is 17.0 Å². The van der Waals surface area contributed by atoms with E-state index in [4.69, 9.17) is 6.57 Å². The lowest BCUT2D eigenvalue weighted by Crippen LogP contribution is -2.13. The number of nitrogens with one attached hydrogen (secondary N) is 1. The Morgan fingerprint density at radius 2 is 2.08 bits per heavy atom. The second kappa shape index (κ2) is 6.23. The van der Waals surface area contributed by atoms with Crippen molar-refractivity contribution in [3.63, 3.8) is 0 Å². The number of hydrogen-bond acceptors (Lipinski definition) is 2. The number of aromatic nitrogens is 2. The predicted octanol–water partition coefficient (Wildman–Crippen LogP) is 4.05. The summed E-state index contributed by atoms with van der Waals surface area (Å²) in [6, 6.07) is 6.98. The number of carbonyl (C=O) groups is 1. The number of amides is 1. The molecule has 0 atom stereocenters. The molecular weight excluding hydrogens is 338 g/mol. The zero-order valence-corrected chi connectivity index (χ0v) is 13.7. The molecule has 130 valence electrons. The highest BCUT2D eigenvalue weighted by atomic mass is 19.1. The Morgan fingerprint density at radius 1 is 1.27 bits per heavy atom.